The van der Waals surface area contributed by atoms with E-state index in [0.29, 0.717) is 11.5 Å². The van der Waals surface area contributed by atoms with Crippen molar-refractivity contribution in [3.05, 3.63) is 35.9 Å². The molecule has 2 unspecified atom stereocenters. The second kappa shape index (κ2) is 8.43. The average Bonchev–Trinajstić information content (AvgIpc) is 2.58. The highest BCUT2D eigenvalue weighted by molar-refractivity contribution is 5.89. The van der Waals surface area contributed by atoms with Crippen LogP contribution in [0.5, 0.6) is 0 Å². The van der Waals surface area contributed by atoms with Gasteiger partial charge < -0.3 is 19.5 Å². The minimum absolute atomic E-state index is 0.165. The molecule has 128 valence electrons. The summed E-state index contributed by atoms with van der Waals surface area (Å²) in [6, 6.07) is 9.01. The largest absolute Gasteiger partial charge is 0.459 e. The third-order valence-electron chi connectivity index (χ3n) is 4.74. The Morgan fingerprint density at radius 3 is 2.52 bits per heavy atom. The van der Waals surface area contributed by atoms with E-state index >= 15 is 0 Å². The van der Waals surface area contributed by atoms with Crippen LogP contribution in [0.15, 0.2) is 30.3 Å². The predicted octanol–water partition coefficient (Wildman–Crippen LogP) is 2.32. The van der Waals surface area contributed by atoms with Crippen LogP contribution in [0.3, 0.4) is 0 Å². The highest BCUT2D eigenvalue weighted by atomic mass is 16.7. The number of methoxy groups -OCH3 is 1. The first-order chi connectivity index (χ1) is 11.1. The zero-order valence-electron chi connectivity index (χ0n) is 14.3. The molecule has 0 aromatic heterocycles. The minimum Gasteiger partial charge on any atom is -0.459 e. The summed E-state index contributed by atoms with van der Waals surface area (Å²) in [7, 11) is 3.60. The molecule has 1 aliphatic rings. The Labute approximate surface area is 138 Å². The maximum atomic E-state index is 12.1. The van der Waals surface area contributed by atoms with Gasteiger partial charge in [0.05, 0.1) is 11.7 Å². The fourth-order valence-electron chi connectivity index (χ4n) is 3.26. The van der Waals surface area contributed by atoms with Gasteiger partial charge in [-0.3, -0.25) is 0 Å². The lowest BCUT2D eigenvalue weighted by molar-refractivity contribution is -0.245. The molecule has 0 bridgehead atoms. The van der Waals surface area contributed by atoms with Crippen LogP contribution in [-0.2, 0) is 14.2 Å². The lowest BCUT2D eigenvalue weighted by atomic mass is 9.77. The maximum Gasteiger partial charge on any atom is 0.338 e. The van der Waals surface area contributed by atoms with Crippen molar-refractivity contribution in [3.8, 4) is 0 Å². The quantitative estimate of drug-likeness (QED) is 0.815. The molecule has 1 heterocycles. The number of ether oxygens (including phenoxy) is 3. The number of esters is 1. The summed E-state index contributed by atoms with van der Waals surface area (Å²) in [5.41, 5.74) is 0.555. The molecule has 5 atom stereocenters. The fraction of sp³-hybridized carbons (Fsp3) is 0.611. The molecule has 2 rings (SSSR count). The number of carbonyl (C=O) groups excluding carboxylic acids is 1. The standard InChI is InChI=1S/C18H27NO4/c1-12-15(10-19-3)13(2)18(21-4)23-16(12)11-22-17(20)14-8-6-5-7-9-14/h5-9,12-13,15-16,18-19H,10-11H2,1-4H3/t12-,13?,15+,16?,18-/m0/s1. The Morgan fingerprint density at radius 1 is 1.22 bits per heavy atom. The summed E-state index contributed by atoms with van der Waals surface area (Å²) >= 11 is 0. The number of hydrogen-bond donors (Lipinski definition) is 1. The van der Waals surface area contributed by atoms with Crippen LogP contribution < -0.4 is 5.32 Å². The van der Waals surface area contributed by atoms with Crippen molar-refractivity contribution < 1.29 is 19.0 Å². The molecule has 5 nitrogen and oxygen atoms in total. The van der Waals surface area contributed by atoms with Gasteiger partial charge in [-0.25, -0.2) is 4.79 Å². The number of rotatable bonds is 6. The first-order valence-corrected chi connectivity index (χ1v) is 8.13. The lowest BCUT2D eigenvalue weighted by Crippen LogP contribution is -2.51. The van der Waals surface area contributed by atoms with E-state index in [9.17, 15) is 4.79 Å². The Kier molecular flexibility index (Phi) is 6.57. The summed E-state index contributed by atoms with van der Waals surface area (Å²) < 4.78 is 16.9. The second-order valence-corrected chi connectivity index (χ2v) is 6.18. The summed E-state index contributed by atoms with van der Waals surface area (Å²) in [5.74, 6) is 0.634. The minimum atomic E-state index is -0.320. The zero-order chi connectivity index (χ0) is 16.8. The number of hydrogen-bond acceptors (Lipinski definition) is 5. The maximum absolute atomic E-state index is 12.1. The van der Waals surface area contributed by atoms with Crippen LogP contribution >= 0.6 is 0 Å². The summed E-state index contributed by atoms with van der Waals surface area (Å²) in [5, 5.41) is 3.24. The van der Waals surface area contributed by atoms with Crippen molar-refractivity contribution in [2.75, 3.05) is 27.3 Å². The number of benzene rings is 1. The monoisotopic (exact) mass is 321 g/mol. The zero-order valence-corrected chi connectivity index (χ0v) is 14.3. The summed E-state index contributed by atoms with van der Waals surface area (Å²) in [6.07, 6.45) is -0.438. The highest BCUT2D eigenvalue weighted by Gasteiger charge is 2.41. The predicted molar refractivity (Wildman–Crippen MR) is 88.1 cm³/mol. The molecule has 5 heteroatoms. The fourth-order valence-corrected chi connectivity index (χ4v) is 3.26. The topological polar surface area (TPSA) is 56.8 Å². The molecular formula is C18H27NO4. The SMILES string of the molecule is CNC[C@H]1C(C)[C@@H](OC)OC(COC(=O)c2ccccc2)[C@H]1C. The Balaban J connectivity index is 1.99. The second-order valence-electron chi connectivity index (χ2n) is 6.18. The van der Waals surface area contributed by atoms with Gasteiger partial charge in [0.15, 0.2) is 6.29 Å². The molecule has 0 amide bonds. The van der Waals surface area contributed by atoms with Gasteiger partial charge in [-0.15, -0.1) is 0 Å². The van der Waals surface area contributed by atoms with Crippen molar-refractivity contribution in [1.82, 2.24) is 5.32 Å². The molecule has 0 saturated carbocycles. The van der Waals surface area contributed by atoms with Gasteiger partial charge in [0, 0.05) is 13.0 Å². The van der Waals surface area contributed by atoms with Crippen LogP contribution in [0.4, 0.5) is 0 Å². The molecule has 0 radical (unpaired) electrons. The van der Waals surface area contributed by atoms with Crippen molar-refractivity contribution in [3.63, 3.8) is 0 Å². The van der Waals surface area contributed by atoms with E-state index in [2.05, 4.69) is 19.2 Å². The summed E-state index contributed by atoms with van der Waals surface area (Å²) in [4.78, 5) is 12.1. The van der Waals surface area contributed by atoms with E-state index in [0.717, 1.165) is 6.54 Å². The van der Waals surface area contributed by atoms with E-state index in [4.69, 9.17) is 14.2 Å². The first-order valence-electron chi connectivity index (χ1n) is 8.13. The molecule has 0 spiro atoms. The first kappa shape index (κ1) is 17.9. The van der Waals surface area contributed by atoms with Crippen LogP contribution in [-0.4, -0.2) is 45.7 Å². The molecule has 0 aliphatic carbocycles. The highest BCUT2D eigenvalue weighted by Crippen LogP contribution is 2.35. The van der Waals surface area contributed by atoms with E-state index in [1.807, 2.05) is 25.2 Å². The van der Waals surface area contributed by atoms with Crippen LogP contribution in [0, 0.1) is 17.8 Å². The normalized spacial score (nSPS) is 30.9. The molecule has 1 aliphatic heterocycles. The Bertz CT molecular complexity index is 493. The molecule has 1 fully saturated rings. The van der Waals surface area contributed by atoms with Crippen molar-refractivity contribution >= 4 is 5.97 Å². The number of nitrogens with one attached hydrogen (secondary N) is 1. The van der Waals surface area contributed by atoms with Gasteiger partial charge in [-0.1, -0.05) is 32.0 Å². The average molecular weight is 321 g/mol. The number of carbonyl (C=O) groups is 1. The van der Waals surface area contributed by atoms with E-state index < -0.39 is 0 Å². The molecule has 1 N–H and O–H groups in total. The smallest absolute Gasteiger partial charge is 0.338 e. The van der Waals surface area contributed by atoms with Crippen molar-refractivity contribution in [1.29, 1.82) is 0 Å². The van der Waals surface area contributed by atoms with Gasteiger partial charge >= 0.3 is 5.97 Å². The molecular weight excluding hydrogens is 294 g/mol. The van der Waals surface area contributed by atoms with Gasteiger partial charge in [0.1, 0.15) is 6.61 Å². The third-order valence-corrected chi connectivity index (χ3v) is 4.74. The van der Waals surface area contributed by atoms with E-state index in [1.165, 1.54) is 0 Å². The summed E-state index contributed by atoms with van der Waals surface area (Å²) in [6.45, 7) is 5.40. The molecule has 1 aromatic rings. The van der Waals surface area contributed by atoms with Crippen LogP contribution in [0.1, 0.15) is 24.2 Å². The van der Waals surface area contributed by atoms with Crippen molar-refractivity contribution in [2.24, 2.45) is 17.8 Å². The van der Waals surface area contributed by atoms with Crippen LogP contribution in [0.25, 0.3) is 0 Å². The lowest BCUT2D eigenvalue weighted by Gasteiger charge is -2.44. The van der Waals surface area contributed by atoms with Gasteiger partial charge in [-0.05, 0) is 37.6 Å². The van der Waals surface area contributed by atoms with E-state index in [1.54, 1.807) is 19.2 Å². The Hall–Kier alpha value is -1.43. The molecule has 1 saturated heterocycles. The molecule has 23 heavy (non-hydrogen) atoms. The van der Waals surface area contributed by atoms with Crippen molar-refractivity contribution in [2.45, 2.75) is 26.2 Å². The van der Waals surface area contributed by atoms with Gasteiger partial charge in [-0.2, -0.15) is 0 Å². The molecule has 1 aromatic carbocycles. The van der Waals surface area contributed by atoms with Gasteiger partial charge in [0.2, 0.25) is 0 Å². The van der Waals surface area contributed by atoms with Crippen LogP contribution in [0.2, 0.25) is 0 Å². The third kappa shape index (κ3) is 4.31. The van der Waals surface area contributed by atoms with E-state index in [-0.39, 0.29) is 36.8 Å². The van der Waals surface area contributed by atoms with Gasteiger partial charge in [0.25, 0.3) is 0 Å². The Morgan fingerprint density at radius 2 is 1.91 bits per heavy atom.